The van der Waals surface area contributed by atoms with Crippen LogP contribution in [0.2, 0.25) is 0 Å². The maximum absolute atomic E-state index is 10.2. The van der Waals surface area contributed by atoms with Crippen LogP contribution in [0.5, 0.6) is 0 Å². The summed E-state index contributed by atoms with van der Waals surface area (Å²) in [5, 5.41) is 10.2. The lowest BCUT2D eigenvalue weighted by molar-refractivity contribution is 0.0521. The Balaban J connectivity index is 1.53. The smallest absolute Gasteiger partial charge is 0.0571 e. The summed E-state index contributed by atoms with van der Waals surface area (Å²) >= 11 is 0. The highest BCUT2D eigenvalue weighted by molar-refractivity contribution is 4.89. The molecule has 0 aromatic heterocycles. The molecule has 1 saturated heterocycles. The van der Waals surface area contributed by atoms with Gasteiger partial charge in [0.05, 0.1) is 6.10 Å². The molecule has 0 amide bonds. The van der Waals surface area contributed by atoms with Gasteiger partial charge in [-0.1, -0.05) is 19.3 Å². The first-order valence-corrected chi connectivity index (χ1v) is 8.40. The maximum atomic E-state index is 10.2. The lowest BCUT2D eigenvalue weighted by Crippen LogP contribution is -2.52. The number of rotatable bonds is 4. The minimum atomic E-state index is -0.0523. The zero-order valence-corrected chi connectivity index (χ0v) is 12.1. The summed E-state index contributed by atoms with van der Waals surface area (Å²) in [6, 6.07) is 1.10. The van der Waals surface area contributed by atoms with E-state index in [0.717, 1.165) is 25.4 Å². The Morgan fingerprint density at radius 3 is 2.47 bits per heavy atom. The molecule has 3 unspecified atom stereocenters. The minimum Gasteiger partial charge on any atom is -0.393 e. The van der Waals surface area contributed by atoms with E-state index < -0.39 is 0 Å². The molecule has 3 nitrogen and oxygen atoms in total. The van der Waals surface area contributed by atoms with Crippen LogP contribution in [0.15, 0.2) is 0 Å². The van der Waals surface area contributed by atoms with Crippen molar-refractivity contribution in [3.05, 3.63) is 0 Å². The summed E-state index contributed by atoms with van der Waals surface area (Å²) < 4.78 is 0. The molecule has 0 bridgehead atoms. The van der Waals surface area contributed by atoms with Crippen LogP contribution >= 0.6 is 0 Å². The lowest BCUT2D eigenvalue weighted by atomic mass is 9.85. The third-order valence-corrected chi connectivity index (χ3v) is 5.43. The van der Waals surface area contributed by atoms with Gasteiger partial charge in [-0.3, -0.25) is 4.90 Å². The van der Waals surface area contributed by atoms with Crippen LogP contribution in [-0.2, 0) is 0 Å². The van der Waals surface area contributed by atoms with Crippen molar-refractivity contribution in [3.63, 3.8) is 0 Å². The average Bonchev–Trinajstić information content (AvgIpc) is 3.23. The van der Waals surface area contributed by atoms with E-state index in [2.05, 4.69) is 4.90 Å². The van der Waals surface area contributed by atoms with E-state index in [9.17, 15) is 5.11 Å². The zero-order chi connectivity index (χ0) is 13.2. The largest absolute Gasteiger partial charge is 0.393 e. The van der Waals surface area contributed by atoms with E-state index in [1.54, 1.807) is 0 Å². The number of nitrogens with zero attached hydrogens (tertiary/aromatic N) is 1. The Hall–Kier alpha value is -0.120. The Morgan fingerprint density at radius 1 is 1.05 bits per heavy atom. The van der Waals surface area contributed by atoms with E-state index in [0.29, 0.717) is 17.9 Å². The van der Waals surface area contributed by atoms with Crippen molar-refractivity contribution in [2.45, 2.75) is 76.0 Å². The van der Waals surface area contributed by atoms with Gasteiger partial charge in [0, 0.05) is 25.2 Å². The first kappa shape index (κ1) is 13.8. The Kier molecular flexibility index (Phi) is 4.45. The molecule has 1 aliphatic heterocycles. The van der Waals surface area contributed by atoms with Gasteiger partial charge in [0.2, 0.25) is 0 Å². The zero-order valence-electron chi connectivity index (χ0n) is 12.1. The van der Waals surface area contributed by atoms with Gasteiger partial charge in [0.15, 0.2) is 0 Å². The summed E-state index contributed by atoms with van der Waals surface area (Å²) in [4.78, 5) is 2.65. The number of aliphatic hydroxyl groups excluding tert-OH is 1. The highest BCUT2D eigenvalue weighted by Crippen LogP contribution is 2.37. The first-order valence-electron chi connectivity index (χ1n) is 8.40. The van der Waals surface area contributed by atoms with Gasteiger partial charge in [-0.05, 0) is 50.4 Å². The summed E-state index contributed by atoms with van der Waals surface area (Å²) in [6.45, 7) is 2.27. The SMILES string of the molecule is NC1CC(CC(O)C2CC2)CN(C2CCCCC2)C1. The molecule has 3 rings (SSSR count). The fourth-order valence-electron chi connectivity index (χ4n) is 4.21. The fourth-order valence-corrected chi connectivity index (χ4v) is 4.21. The number of hydrogen-bond acceptors (Lipinski definition) is 3. The van der Waals surface area contributed by atoms with Gasteiger partial charge >= 0.3 is 0 Å². The minimum absolute atomic E-state index is 0.0523. The Labute approximate surface area is 117 Å². The summed E-state index contributed by atoms with van der Waals surface area (Å²) in [7, 11) is 0. The first-order chi connectivity index (χ1) is 9.22. The second-order valence-electron chi connectivity index (χ2n) is 7.25. The van der Waals surface area contributed by atoms with Crippen molar-refractivity contribution in [1.29, 1.82) is 0 Å². The number of piperidine rings is 1. The van der Waals surface area contributed by atoms with Gasteiger partial charge < -0.3 is 10.8 Å². The van der Waals surface area contributed by atoms with Crippen LogP contribution < -0.4 is 5.73 Å². The highest BCUT2D eigenvalue weighted by Gasteiger charge is 2.35. The van der Waals surface area contributed by atoms with Crippen molar-refractivity contribution in [2.75, 3.05) is 13.1 Å². The molecule has 19 heavy (non-hydrogen) atoms. The number of nitrogens with two attached hydrogens (primary N) is 1. The van der Waals surface area contributed by atoms with Gasteiger partial charge in [0.25, 0.3) is 0 Å². The third kappa shape index (κ3) is 3.71. The Bertz CT molecular complexity index is 286. The van der Waals surface area contributed by atoms with Crippen molar-refractivity contribution >= 4 is 0 Å². The van der Waals surface area contributed by atoms with Crippen LogP contribution in [0.4, 0.5) is 0 Å². The van der Waals surface area contributed by atoms with Crippen LogP contribution in [0.1, 0.15) is 57.8 Å². The van der Waals surface area contributed by atoms with E-state index in [-0.39, 0.29) is 6.10 Å². The van der Waals surface area contributed by atoms with Crippen LogP contribution in [0, 0.1) is 11.8 Å². The van der Waals surface area contributed by atoms with Crippen LogP contribution in [0.3, 0.4) is 0 Å². The molecular formula is C16H30N2O. The molecule has 0 radical (unpaired) electrons. The molecule has 1 heterocycles. The fraction of sp³-hybridized carbons (Fsp3) is 1.00. The standard InChI is InChI=1S/C16H30N2O/c17-14-8-12(9-16(19)13-6-7-13)10-18(11-14)15-4-2-1-3-5-15/h12-16,19H,1-11,17H2. The summed E-state index contributed by atoms with van der Waals surface area (Å²) in [5.74, 6) is 1.24. The molecule has 3 atom stereocenters. The lowest BCUT2D eigenvalue weighted by Gasteiger charge is -2.42. The molecule has 3 aliphatic rings. The predicted octanol–water partition coefficient (Wildman–Crippen LogP) is 2.13. The van der Waals surface area contributed by atoms with Gasteiger partial charge in [-0.25, -0.2) is 0 Å². The Morgan fingerprint density at radius 2 is 1.79 bits per heavy atom. The topological polar surface area (TPSA) is 49.5 Å². The molecule has 110 valence electrons. The summed E-state index contributed by atoms with van der Waals surface area (Å²) in [6.07, 6.45) is 11.5. The molecule has 0 spiro atoms. The van der Waals surface area contributed by atoms with Crippen molar-refractivity contribution in [2.24, 2.45) is 17.6 Å². The van der Waals surface area contributed by atoms with Gasteiger partial charge in [-0.2, -0.15) is 0 Å². The quantitative estimate of drug-likeness (QED) is 0.819. The normalized spacial score (nSPS) is 36.3. The van der Waals surface area contributed by atoms with Crippen molar-refractivity contribution < 1.29 is 5.11 Å². The van der Waals surface area contributed by atoms with Gasteiger partial charge in [-0.15, -0.1) is 0 Å². The van der Waals surface area contributed by atoms with Crippen LogP contribution in [0.25, 0.3) is 0 Å². The molecule has 2 saturated carbocycles. The van der Waals surface area contributed by atoms with Gasteiger partial charge in [0.1, 0.15) is 0 Å². The molecule has 3 fully saturated rings. The molecular weight excluding hydrogens is 236 g/mol. The molecule has 3 N–H and O–H groups in total. The molecule has 0 aromatic carbocycles. The molecule has 2 aliphatic carbocycles. The van der Waals surface area contributed by atoms with E-state index in [4.69, 9.17) is 5.73 Å². The second-order valence-corrected chi connectivity index (χ2v) is 7.25. The maximum Gasteiger partial charge on any atom is 0.0571 e. The van der Waals surface area contributed by atoms with E-state index in [1.807, 2.05) is 0 Å². The second kappa shape index (κ2) is 6.11. The monoisotopic (exact) mass is 266 g/mol. The number of aliphatic hydroxyl groups is 1. The summed E-state index contributed by atoms with van der Waals surface area (Å²) in [5.41, 5.74) is 6.27. The van der Waals surface area contributed by atoms with Crippen molar-refractivity contribution in [1.82, 2.24) is 4.90 Å². The predicted molar refractivity (Wildman–Crippen MR) is 77.9 cm³/mol. The highest BCUT2D eigenvalue weighted by atomic mass is 16.3. The van der Waals surface area contributed by atoms with Crippen molar-refractivity contribution in [3.8, 4) is 0 Å². The number of likely N-dealkylation sites (tertiary alicyclic amines) is 1. The molecule has 3 heteroatoms. The van der Waals surface area contributed by atoms with E-state index >= 15 is 0 Å². The van der Waals surface area contributed by atoms with E-state index in [1.165, 1.54) is 51.5 Å². The van der Waals surface area contributed by atoms with Crippen LogP contribution in [-0.4, -0.2) is 41.3 Å². The average molecular weight is 266 g/mol. The third-order valence-electron chi connectivity index (χ3n) is 5.43. The molecule has 0 aromatic rings. The number of hydrogen-bond donors (Lipinski definition) is 2.